The highest BCUT2D eigenvalue weighted by molar-refractivity contribution is 9.10. The van der Waals surface area contributed by atoms with E-state index in [4.69, 9.17) is 4.74 Å². The number of rotatable bonds is 7. The molecule has 1 aromatic rings. The van der Waals surface area contributed by atoms with Gasteiger partial charge in [0, 0.05) is 4.47 Å². The third-order valence-corrected chi connectivity index (χ3v) is 2.96. The molecule has 16 heavy (non-hydrogen) atoms. The summed E-state index contributed by atoms with van der Waals surface area (Å²) in [4.78, 5) is 0. The normalized spacial score (nSPS) is 10.4. The van der Waals surface area contributed by atoms with Crippen LogP contribution in [0.1, 0.15) is 25.3 Å². The van der Waals surface area contributed by atoms with Gasteiger partial charge in [-0.3, -0.25) is 0 Å². The molecule has 3 heteroatoms. The van der Waals surface area contributed by atoms with Crippen LogP contribution < -0.4 is 10.1 Å². The van der Waals surface area contributed by atoms with Gasteiger partial charge in [0.15, 0.2) is 0 Å². The fourth-order valence-corrected chi connectivity index (χ4v) is 2.06. The van der Waals surface area contributed by atoms with E-state index in [-0.39, 0.29) is 0 Å². The summed E-state index contributed by atoms with van der Waals surface area (Å²) < 4.78 is 6.45. The molecule has 0 radical (unpaired) electrons. The van der Waals surface area contributed by atoms with Crippen molar-refractivity contribution in [1.82, 2.24) is 5.32 Å². The van der Waals surface area contributed by atoms with Crippen molar-refractivity contribution in [2.45, 2.75) is 26.2 Å². The average Bonchev–Trinajstić information content (AvgIpc) is 2.29. The van der Waals surface area contributed by atoms with Gasteiger partial charge in [-0.05, 0) is 56.1 Å². The van der Waals surface area contributed by atoms with Crippen molar-refractivity contribution >= 4 is 15.9 Å². The van der Waals surface area contributed by atoms with Gasteiger partial charge < -0.3 is 10.1 Å². The smallest absolute Gasteiger partial charge is 0.122 e. The molecule has 0 amide bonds. The number of benzene rings is 1. The summed E-state index contributed by atoms with van der Waals surface area (Å²) in [5.41, 5.74) is 1.27. The maximum absolute atomic E-state index is 5.34. The second kappa shape index (κ2) is 7.69. The molecule has 0 atom stereocenters. The van der Waals surface area contributed by atoms with E-state index in [1.165, 1.54) is 12.0 Å². The highest BCUT2D eigenvalue weighted by atomic mass is 79.9. The molecule has 2 nitrogen and oxygen atoms in total. The lowest BCUT2D eigenvalue weighted by molar-refractivity contribution is 0.409. The fourth-order valence-electron chi connectivity index (χ4n) is 1.65. The molecule has 0 aromatic heterocycles. The number of methoxy groups -OCH3 is 1. The first-order valence-corrected chi connectivity index (χ1v) is 6.60. The number of halogens is 1. The Morgan fingerprint density at radius 3 is 2.81 bits per heavy atom. The molecule has 0 fully saturated rings. The zero-order valence-corrected chi connectivity index (χ0v) is 11.6. The van der Waals surface area contributed by atoms with Gasteiger partial charge in [0.05, 0.1) is 7.11 Å². The van der Waals surface area contributed by atoms with Gasteiger partial charge in [-0.2, -0.15) is 0 Å². The maximum Gasteiger partial charge on any atom is 0.122 e. The summed E-state index contributed by atoms with van der Waals surface area (Å²) in [6, 6.07) is 6.16. The molecular formula is C13H20BrNO. The quantitative estimate of drug-likeness (QED) is 0.776. The van der Waals surface area contributed by atoms with Crippen molar-refractivity contribution in [2.24, 2.45) is 0 Å². The summed E-state index contributed by atoms with van der Waals surface area (Å²) in [7, 11) is 1.72. The largest absolute Gasteiger partial charge is 0.496 e. The first-order chi connectivity index (χ1) is 7.77. The zero-order chi connectivity index (χ0) is 11.8. The Kier molecular flexibility index (Phi) is 6.50. The van der Waals surface area contributed by atoms with Crippen molar-refractivity contribution in [1.29, 1.82) is 0 Å². The van der Waals surface area contributed by atoms with Gasteiger partial charge in [0.25, 0.3) is 0 Å². The minimum Gasteiger partial charge on any atom is -0.496 e. The Morgan fingerprint density at radius 2 is 2.12 bits per heavy atom. The lowest BCUT2D eigenvalue weighted by Crippen LogP contribution is -2.16. The second-order valence-corrected chi connectivity index (χ2v) is 4.73. The van der Waals surface area contributed by atoms with Crippen molar-refractivity contribution < 1.29 is 4.74 Å². The lowest BCUT2D eigenvalue weighted by Gasteiger charge is -2.09. The van der Waals surface area contributed by atoms with Gasteiger partial charge in [-0.15, -0.1) is 0 Å². The molecule has 0 unspecified atom stereocenters. The Labute approximate surface area is 107 Å². The number of nitrogens with one attached hydrogen (secondary N) is 1. The molecule has 0 saturated carbocycles. The Hall–Kier alpha value is -0.540. The average molecular weight is 286 g/mol. The van der Waals surface area contributed by atoms with E-state index in [2.05, 4.69) is 34.2 Å². The highest BCUT2D eigenvalue weighted by Crippen LogP contribution is 2.23. The van der Waals surface area contributed by atoms with E-state index in [0.29, 0.717) is 0 Å². The van der Waals surface area contributed by atoms with E-state index >= 15 is 0 Å². The molecule has 0 aliphatic carbocycles. The van der Waals surface area contributed by atoms with Crippen LogP contribution in [0.3, 0.4) is 0 Å². The molecule has 1 aromatic carbocycles. The van der Waals surface area contributed by atoms with Crippen molar-refractivity contribution in [3.05, 3.63) is 28.2 Å². The molecule has 1 rings (SSSR count). The number of hydrogen-bond donors (Lipinski definition) is 1. The standard InChI is InChI=1S/C13H20BrNO/c1-3-8-15-9-4-5-11-10-12(14)6-7-13(11)16-2/h6-7,10,15H,3-5,8-9H2,1-2H3. The van der Waals surface area contributed by atoms with E-state index in [1.54, 1.807) is 7.11 Å². The van der Waals surface area contributed by atoms with E-state index in [9.17, 15) is 0 Å². The minimum absolute atomic E-state index is 0.985. The van der Waals surface area contributed by atoms with Crippen LogP contribution in [0.15, 0.2) is 22.7 Å². The molecule has 0 aliphatic heterocycles. The summed E-state index contributed by atoms with van der Waals surface area (Å²) in [6.07, 6.45) is 3.40. The van der Waals surface area contributed by atoms with E-state index in [1.807, 2.05) is 12.1 Å². The third kappa shape index (κ3) is 4.54. The zero-order valence-electron chi connectivity index (χ0n) is 10.1. The molecule has 0 saturated heterocycles. The van der Waals surface area contributed by atoms with Crippen LogP contribution in [0, 0.1) is 0 Å². The molecule has 0 aliphatic rings. The first kappa shape index (κ1) is 13.5. The lowest BCUT2D eigenvalue weighted by atomic mass is 10.1. The summed E-state index contributed by atoms with van der Waals surface area (Å²) >= 11 is 3.49. The Morgan fingerprint density at radius 1 is 1.31 bits per heavy atom. The van der Waals surface area contributed by atoms with Crippen LogP contribution >= 0.6 is 15.9 Å². The molecule has 0 bridgehead atoms. The Bertz CT molecular complexity index is 315. The molecular weight excluding hydrogens is 266 g/mol. The summed E-state index contributed by atoms with van der Waals surface area (Å²) in [5, 5.41) is 3.40. The van der Waals surface area contributed by atoms with Crippen LogP contribution in [0.5, 0.6) is 5.75 Å². The third-order valence-electron chi connectivity index (χ3n) is 2.47. The SMILES string of the molecule is CCCNCCCc1cc(Br)ccc1OC. The minimum atomic E-state index is 0.985. The van der Waals surface area contributed by atoms with Crippen LogP contribution in [0.2, 0.25) is 0 Å². The molecule has 0 spiro atoms. The predicted molar refractivity (Wildman–Crippen MR) is 72.2 cm³/mol. The van der Waals surface area contributed by atoms with Crippen molar-refractivity contribution in [2.75, 3.05) is 20.2 Å². The van der Waals surface area contributed by atoms with E-state index in [0.717, 1.165) is 36.2 Å². The van der Waals surface area contributed by atoms with Crippen LogP contribution in [-0.4, -0.2) is 20.2 Å². The highest BCUT2D eigenvalue weighted by Gasteiger charge is 2.02. The molecule has 1 N–H and O–H groups in total. The number of hydrogen-bond acceptors (Lipinski definition) is 2. The van der Waals surface area contributed by atoms with Crippen LogP contribution in [0.4, 0.5) is 0 Å². The van der Waals surface area contributed by atoms with Gasteiger partial charge in [-0.25, -0.2) is 0 Å². The fraction of sp³-hybridized carbons (Fsp3) is 0.538. The molecule has 90 valence electrons. The topological polar surface area (TPSA) is 21.3 Å². The summed E-state index contributed by atoms with van der Waals surface area (Å²) in [5.74, 6) is 0.985. The Balaban J connectivity index is 2.42. The first-order valence-electron chi connectivity index (χ1n) is 5.81. The van der Waals surface area contributed by atoms with Gasteiger partial charge in [-0.1, -0.05) is 22.9 Å². The van der Waals surface area contributed by atoms with Gasteiger partial charge in [0.2, 0.25) is 0 Å². The van der Waals surface area contributed by atoms with Crippen molar-refractivity contribution in [3.8, 4) is 5.75 Å². The predicted octanol–water partition coefficient (Wildman–Crippen LogP) is 3.39. The number of aryl methyl sites for hydroxylation is 1. The maximum atomic E-state index is 5.34. The van der Waals surface area contributed by atoms with Gasteiger partial charge >= 0.3 is 0 Å². The van der Waals surface area contributed by atoms with E-state index < -0.39 is 0 Å². The molecule has 0 heterocycles. The number of ether oxygens (including phenoxy) is 1. The van der Waals surface area contributed by atoms with Crippen LogP contribution in [-0.2, 0) is 6.42 Å². The van der Waals surface area contributed by atoms with Crippen LogP contribution in [0.25, 0.3) is 0 Å². The second-order valence-electron chi connectivity index (χ2n) is 3.81. The van der Waals surface area contributed by atoms with Crippen molar-refractivity contribution in [3.63, 3.8) is 0 Å². The van der Waals surface area contributed by atoms with Gasteiger partial charge in [0.1, 0.15) is 5.75 Å². The monoisotopic (exact) mass is 285 g/mol. The summed E-state index contributed by atoms with van der Waals surface area (Å²) in [6.45, 7) is 4.36.